The third kappa shape index (κ3) is 2.68. The number of amides is 2. The molecule has 1 aromatic rings. The molecule has 5 nitrogen and oxygen atoms in total. The van der Waals surface area contributed by atoms with Crippen molar-refractivity contribution in [3.8, 4) is 0 Å². The number of carbonyl (C=O) groups excluding carboxylic acids is 1. The number of nitrogen functional groups attached to an aromatic ring is 1. The van der Waals surface area contributed by atoms with Gasteiger partial charge in [0, 0.05) is 13.7 Å². The number of hydrogen-bond donors (Lipinski definition) is 2. The van der Waals surface area contributed by atoms with Crippen molar-refractivity contribution < 1.29 is 9.53 Å². The van der Waals surface area contributed by atoms with Gasteiger partial charge >= 0.3 is 6.03 Å². The number of nitrogens with two attached hydrogens (primary N) is 1. The number of carbonyl (C=O) groups is 1. The monoisotopic (exact) mass is 235 g/mol. The third-order valence-corrected chi connectivity index (χ3v) is 2.86. The van der Waals surface area contributed by atoms with Crippen LogP contribution in [0.2, 0.25) is 0 Å². The van der Waals surface area contributed by atoms with Crippen LogP contribution in [0.15, 0.2) is 24.3 Å². The van der Waals surface area contributed by atoms with Gasteiger partial charge in [0.2, 0.25) is 0 Å². The molecule has 1 atom stereocenters. The Hall–Kier alpha value is -1.75. The summed E-state index contributed by atoms with van der Waals surface area (Å²) in [5.74, 6) is 0. The quantitative estimate of drug-likeness (QED) is 0.757. The number of rotatable bonds is 2. The Labute approximate surface area is 101 Å². The second-order valence-electron chi connectivity index (χ2n) is 4.13. The normalized spacial score (nSPS) is 19.0. The maximum absolute atomic E-state index is 12.0. The predicted molar refractivity (Wildman–Crippen MR) is 67.0 cm³/mol. The summed E-state index contributed by atoms with van der Waals surface area (Å²) in [5, 5.41) is 2.91. The minimum absolute atomic E-state index is 0.106. The van der Waals surface area contributed by atoms with Gasteiger partial charge in [-0.3, -0.25) is 4.90 Å². The smallest absolute Gasteiger partial charge is 0.321 e. The molecule has 3 N–H and O–H groups in total. The van der Waals surface area contributed by atoms with Gasteiger partial charge in [-0.2, -0.15) is 0 Å². The van der Waals surface area contributed by atoms with Crippen LogP contribution < -0.4 is 16.0 Å². The van der Waals surface area contributed by atoms with Crippen molar-refractivity contribution in [2.24, 2.45) is 0 Å². The molecule has 0 aromatic heterocycles. The molecular weight excluding hydrogens is 218 g/mol. The van der Waals surface area contributed by atoms with Crippen molar-refractivity contribution in [2.45, 2.75) is 12.5 Å². The number of nitrogens with zero attached hydrogens (tertiary/aromatic N) is 1. The molecule has 17 heavy (non-hydrogen) atoms. The highest BCUT2D eigenvalue weighted by molar-refractivity contribution is 5.94. The zero-order chi connectivity index (χ0) is 12.3. The van der Waals surface area contributed by atoms with Crippen LogP contribution in [-0.2, 0) is 4.74 Å². The van der Waals surface area contributed by atoms with E-state index in [1.807, 2.05) is 18.2 Å². The van der Waals surface area contributed by atoms with Crippen molar-refractivity contribution in [1.82, 2.24) is 5.32 Å². The molecule has 1 aliphatic rings. The number of ether oxygens (including phenoxy) is 1. The highest BCUT2D eigenvalue weighted by atomic mass is 16.5. The lowest BCUT2D eigenvalue weighted by Gasteiger charge is -2.21. The first-order chi connectivity index (χ1) is 8.18. The number of urea groups is 1. The van der Waals surface area contributed by atoms with E-state index in [-0.39, 0.29) is 12.1 Å². The molecule has 0 saturated carbocycles. The van der Waals surface area contributed by atoms with Crippen LogP contribution in [0.3, 0.4) is 0 Å². The molecule has 0 bridgehead atoms. The van der Waals surface area contributed by atoms with Gasteiger partial charge in [-0.05, 0) is 18.6 Å². The second-order valence-corrected chi connectivity index (χ2v) is 4.13. The molecule has 1 saturated heterocycles. The van der Waals surface area contributed by atoms with Crippen molar-refractivity contribution in [3.05, 3.63) is 24.3 Å². The lowest BCUT2D eigenvalue weighted by Crippen LogP contribution is -2.43. The molecule has 1 aromatic carbocycles. The van der Waals surface area contributed by atoms with E-state index in [1.54, 1.807) is 13.1 Å². The summed E-state index contributed by atoms with van der Waals surface area (Å²) in [5.41, 5.74) is 7.12. The molecule has 1 fully saturated rings. The molecule has 92 valence electrons. The van der Waals surface area contributed by atoms with Gasteiger partial charge in [-0.1, -0.05) is 12.1 Å². The van der Waals surface area contributed by atoms with Crippen LogP contribution in [-0.4, -0.2) is 32.3 Å². The van der Waals surface area contributed by atoms with E-state index >= 15 is 0 Å². The molecule has 0 radical (unpaired) electrons. The minimum Gasteiger partial charge on any atom is -0.397 e. The zero-order valence-electron chi connectivity index (χ0n) is 9.85. The third-order valence-electron chi connectivity index (χ3n) is 2.86. The Kier molecular flexibility index (Phi) is 3.49. The number of anilines is 2. The fourth-order valence-electron chi connectivity index (χ4n) is 1.82. The molecule has 0 spiro atoms. The first-order valence-electron chi connectivity index (χ1n) is 5.65. The highest BCUT2D eigenvalue weighted by Crippen LogP contribution is 2.21. The summed E-state index contributed by atoms with van der Waals surface area (Å²) in [4.78, 5) is 13.5. The van der Waals surface area contributed by atoms with Gasteiger partial charge < -0.3 is 15.8 Å². The standard InChI is InChI=1S/C12H17N3O2/c1-15(11-5-3-2-4-10(11)13)12(16)14-9-6-7-17-8-9/h2-5,9H,6-8,13H2,1H3,(H,14,16). The van der Waals surface area contributed by atoms with E-state index in [2.05, 4.69) is 5.32 Å². The maximum atomic E-state index is 12.0. The summed E-state index contributed by atoms with van der Waals surface area (Å²) >= 11 is 0. The van der Waals surface area contributed by atoms with Crippen LogP contribution in [0.1, 0.15) is 6.42 Å². The first kappa shape index (κ1) is 11.7. The Bertz CT molecular complexity index is 402. The molecular formula is C12H17N3O2. The molecule has 2 amide bonds. The molecule has 2 rings (SSSR count). The summed E-state index contributed by atoms with van der Waals surface area (Å²) in [6.45, 7) is 1.30. The second kappa shape index (κ2) is 5.05. The average molecular weight is 235 g/mol. The fourth-order valence-corrected chi connectivity index (χ4v) is 1.82. The Balaban J connectivity index is 2.01. The molecule has 1 unspecified atom stereocenters. The summed E-state index contributed by atoms with van der Waals surface area (Å²) in [7, 11) is 1.71. The number of nitrogens with one attached hydrogen (secondary N) is 1. The number of hydrogen-bond acceptors (Lipinski definition) is 3. The van der Waals surface area contributed by atoms with Crippen LogP contribution in [0, 0.1) is 0 Å². The van der Waals surface area contributed by atoms with Gasteiger partial charge in [-0.25, -0.2) is 4.79 Å². The molecule has 5 heteroatoms. The lowest BCUT2D eigenvalue weighted by atomic mass is 10.2. The average Bonchev–Trinajstić information content (AvgIpc) is 2.81. The molecule has 0 aliphatic carbocycles. The number of benzene rings is 1. The van der Waals surface area contributed by atoms with Gasteiger partial charge in [0.05, 0.1) is 24.0 Å². The van der Waals surface area contributed by atoms with Crippen molar-refractivity contribution in [1.29, 1.82) is 0 Å². The number of para-hydroxylation sites is 2. The summed E-state index contributed by atoms with van der Waals surface area (Å²) < 4.78 is 5.21. The van der Waals surface area contributed by atoms with Gasteiger partial charge in [0.1, 0.15) is 0 Å². The van der Waals surface area contributed by atoms with E-state index in [9.17, 15) is 4.79 Å². The van der Waals surface area contributed by atoms with Crippen LogP contribution in [0.5, 0.6) is 0 Å². The van der Waals surface area contributed by atoms with Gasteiger partial charge in [0.15, 0.2) is 0 Å². The van der Waals surface area contributed by atoms with Gasteiger partial charge in [-0.15, -0.1) is 0 Å². The topological polar surface area (TPSA) is 67.6 Å². The van der Waals surface area contributed by atoms with Crippen molar-refractivity contribution >= 4 is 17.4 Å². The van der Waals surface area contributed by atoms with Crippen molar-refractivity contribution in [3.63, 3.8) is 0 Å². The largest absolute Gasteiger partial charge is 0.397 e. The van der Waals surface area contributed by atoms with E-state index < -0.39 is 0 Å². The van der Waals surface area contributed by atoms with E-state index in [0.29, 0.717) is 24.6 Å². The highest BCUT2D eigenvalue weighted by Gasteiger charge is 2.20. The van der Waals surface area contributed by atoms with Gasteiger partial charge in [0.25, 0.3) is 0 Å². The predicted octanol–water partition coefficient (Wildman–Crippen LogP) is 1.20. The maximum Gasteiger partial charge on any atom is 0.321 e. The molecule has 1 aliphatic heterocycles. The first-order valence-corrected chi connectivity index (χ1v) is 5.65. The van der Waals surface area contributed by atoms with E-state index in [4.69, 9.17) is 10.5 Å². The Morgan fingerprint density at radius 3 is 2.94 bits per heavy atom. The lowest BCUT2D eigenvalue weighted by molar-refractivity contribution is 0.189. The van der Waals surface area contributed by atoms with Crippen LogP contribution >= 0.6 is 0 Å². The Morgan fingerprint density at radius 1 is 1.53 bits per heavy atom. The SMILES string of the molecule is CN(C(=O)NC1CCOC1)c1ccccc1N. The van der Waals surface area contributed by atoms with E-state index in [0.717, 1.165) is 6.42 Å². The molecule has 1 heterocycles. The van der Waals surface area contributed by atoms with Crippen LogP contribution in [0.25, 0.3) is 0 Å². The van der Waals surface area contributed by atoms with Crippen molar-refractivity contribution in [2.75, 3.05) is 30.9 Å². The fraction of sp³-hybridized carbons (Fsp3) is 0.417. The zero-order valence-corrected chi connectivity index (χ0v) is 9.85. The summed E-state index contributed by atoms with van der Waals surface area (Å²) in [6.07, 6.45) is 0.865. The van der Waals surface area contributed by atoms with Crippen LogP contribution in [0.4, 0.5) is 16.2 Å². The van der Waals surface area contributed by atoms with E-state index in [1.165, 1.54) is 4.90 Å². The summed E-state index contributed by atoms with van der Waals surface area (Å²) in [6, 6.07) is 7.25. The Morgan fingerprint density at radius 2 is 2.29 bits per heavy atom. The minimum atomic E-state index is -0.154.